The van der Waals surface area contributed by atoms with E-state index >= 15 is 0 Å². The molecule has 0 saturated carbocycles. The van der Waals surface area contributed by atoms with Crippen LogP contribution in [0.5, 0.6) is 11.5 Å². The summed E-state index contributed by atoms with van der Waals surface area (Å²) in [5.41, 5.74) is 0.816. The lowest BCUT2D eigenvalue weighted by molar-refractivity contribution is -0.122. The summed E-state index contributed by atoms with van der Waals surface area (Å²) >= 11 is 0.965. The maximum Gasteiger partial charge on any atom is 0.293 e. The summed E-state index contributed by atoms with van der Waals surface area (Å²) in [7, 11) is 0. The molecule has 5 nitrogen and oxygen atoms in total. The summed E-state index contributed by atoms with van der Waals surface area (Å²) < 4.78 is 10.9. The fraction of sp³-hybridized carbons (Fsp3) is 0.286. The average Bonchev–Trinajstić information content (AvgIpc) is 2.73. The van der Waals surface area contributed by atoms with Gasteiger partial charge in [0.05, 0.1) is 4.91 Å². The first-order valence-electron chi connectivity index (χ1n) is 6.34. The van der Waals surface area contributed by atoms with E-state index in [1.807, 2.05) is 18.2 Å². The summed E-state index contributed by atoms with van der Waals surface area (Å²) in [5.74, 6) is 1.13. The highest BCUT2D eigenvalue weighted by molar-refractivity contribution is 8.18. The Balaban J connectivity index is 1.89. The van der Waals surface area contributed by atoms with Crippen molar-refractivity contribution in [1.29, 1.82) is 0 Å². The van der Waals surface area contributed by atoms with Crippen molar-refractivity contribution >= 4 is 29.0 Å². The molecule has 0 spiro atoms. The van der Waals surface area contributed by atoms with Crippen molar-refractivity contribution in [3.05, 3.63) is 28.7 Å². The number of ether oxygens (including phenoxy) is 2. The maximum atomic E-state index is 12.0. The molecule has 2 aliphatic heterocycles. The van der Waals surface area contributed by atoms with Crippen LogP contribution in [-0.4, -0.2) is 35.8 Å². The third-order valence-electron chi connectivity index (χ3n) is 3.05. The second kappa shape index (κ2) is 5.20. The molecule has 0 atom stereocenters. The van der Waals surface area contributed by atoms with E-state index in [0.717, 1.165) is 17.3 Å². The number of hydrogen-bond acceptors (Lipinski definition) is 5. The Morgan fingerprint density at radius 1 is 1.25 bits per heavy atom. The topological polar surface area (TPSA) is 55.8 Å². The molecule has 0 aromatic heterocycles. The number of rotatable bonds is 2. The van der Waals surface area contributed by atoms with E-state index in [9.17, 15) is 9.59 Å². The van der Waals surface area contributed by atoms with Crippen molar-refractivity contribution in [3.63, 3.8) is 0 Å². The molecule has 1 fully saturated rings. The van der Waals surface area contributed by atoms with Crippen molar-refractivity contribution < 1.29 is 19.1 Å². The van der Waals surface area contributed by atoms with Gasteiger partial charge in [-0.15, -0.1) is 0 Å². The molecular weight excluding hydrogens is 278 g/mol. The summed E-state index contributed by atoms with van der Waals surface area (Å²) in [6, 6.07) is 5.46. The highest BCUT2D eigenvalue weighted by Gasteiger charge is 2.33. The molecule has 0 radical (unpaired) electrons. The van der Waals surface area contributed by atoms with E-state index in [2.05, 4.69) is 0 Å². The number of likely N-dealkylation sites (N-methyl/N-ethyl adjacent to an activating group) is 1. The monoisotopic (exact) mass is 291 g/mol. The smallest absolute Gasteiger partial charge is 0.293 e. The molecule has 2 amide bonds. The molecule has 3 rings (SSSR count). The van der Waals surface area contributed by atoms with Crippen LogP contribution in [0.25, 0.3) is 6.08 Å². The van der Waals surface area contributed by atoms with Gasteiger partial charge in [-0.2, -0.15) is 0 Å². The van der Waals surface area contributed by atoms with Gasteiger partial charge in [-0.25, -0.2) is 0 Å². The van der Waals surface area contributed by atoms with Gasteiger partial charge in [0.2, 0.25) is 0 Å². The molecule has 0 aliphatic carbocycles. The molecule has 6 heteroatoms. The molecule has 1 aromatic rings. The molecule has 1 aromatic carbocycles. The number of amides is 2. The van der Waals surface area contributed by atoms with E-state index in [4.69, 9.17) is 9.47 Å². The van der Waals surface area contributed by atoms with Crippen molar-refractivity contribution in [2.75, 3.05) is 19.8 Å². The quantitative estimate of drug-likeness (QED) is 0.784. The second-order valence-electron chi connectivity index (χ2n) is 4.33. The van der Waals surface area contributed by atoms with Gasteiger partial charge >= 0.3 is 0 Å². The maximum absolute atomic E-state index is 12.0. The van der Waals surface area contributed by atoms with Crippen molar-refractivity contribution in [3.8, 4) is 11.5 Å². The summed E-state index contributed by atoms with van der Waals surface area (Å²) in [6.07, 6.45) is 1.71. The number of benzene rings is 1. The van der Waals surface area contributed by atoms with Gasteiger partial charge in [-0.3, -0.25) is 14.5 Å². The molecule has 20 heavy (non-hydrogen) atoms. The van der Waals surface area contributed by atoms with Gasteiger partial charge < -0.3 is 9.47 Å². The summed E-state index contributed by atoms with van der Waals surface area (Å²) in [5, 5.41) is -0.221. The largest absolute Gasteiger partial charge is 0.486 e. The molecule has 0 N–H and O–H groups in total. The van der Waals surface area contributed by atoms with Crippen molar-refractivity contribution in [2.45, 2.75) is 6.92 Å². The van der Waals surface area contributed by atoms with Crippen LogP contribution in [-0.2, 0) is 4.79 Å². The number of hydrogen-bond donors (Lipinski definition) is 0. The Hall–Kier alpha value is -1.95. The summed E-state index contributed by atoms with van der Waals surface area (Å²) in [4.78, 5) is 25.3. The number of fused-ring (bicyclic) bond motifs is 1. The molecule has 104 valence electrons. The fourth-order valence-corrected chi connectivity index (χ4v) is 2.98. The minimum Gasteiger partial charge on any atom is -0.486 e. The molecular formula is C14H13NO4S. The second-order valence-corrected chi connectivity index (χ2v) is 5.32. The van der Waals surface area contributed by atoms with Crippen molar-refractivity contribution in [1.82, 2.24) is 4.90 Å². The van der Waals surface area contributed by atoms with Gasteiger partial charge in [0, 0.05) is 6.54 Å². The SMILES string of the molecule is CCN1C(=O)S/C(=C/c2ccc3c(c2)OCCO3)C1=O. The standard InChI is InChI=1S/C14H13NO4S/c1-2-15-13(16)12(20-14(15)17)8-9-3-4-10-11(7-9)19-6-5-18-10/h3-4,7-8H,2,5-6H2,1H3/b12-8+. The predicted molar refractivity (Wildman–Crippen MR) is 75.8 cm³/mol. The van der Waals surface area contributed by atoms with Gasteiger partial charge in [0.1, 0.15) is 13.2 Å². The third-order valence-corrected chi connectivity index (χ3v) is 3.96. The molecule has 2 aliphatic rings. The molecule has 0 bridgehead atoms. The Morgan fingerprint density at radius 3 is 2.70 bits per heavy atom. The normalized spacial score (nSPS) is 19.9. The predicted octanol–water partition coefficient (Wildman–Crippen LogP) is 2.51. The third kappa shape index (κ3) is 2.27. The number of imide groups is 1. The van der Waals surface area contributed by atoms with Gasteiger partial charge in [-0.1, -0.05) is 6.07 Å². The van der Waals surface area contributed by atoms with Crippen LogP contribution in [0.4, 0.5) is 4.79 Å². The van der Waals surface area contributed by atoms with E-state index in [1.54, 1.807) is 13.0 Å². The molecule has 1 saturated heterocycles. The van der Waals surface area contributed by atoms with Crippen LogP contribution in [0, 0.1) is 0 Å². The lowest BCUT2D eigenvalue weighted by Crippen LogP contribution is -2.27. The van der Waals surface area contributed by atoms with E-state index in [-0.39, 0.29) is 11.1 Å². The van der Waals surface area contributed by atoms with E-state index in [0.29, 0.717) is 36.2 Å². The minimum absolute atomic E-state index is 0.221. The van der Waals surface area contributed by atoms with Crippen LogP contribution in [0.1, 0.15) is 12.5 Å². The number of carbonyl (C=O) groups is 2. The van der Waals surface area contributed by atoms with Gasteiger partial charge in [0.15, 0.2) is 11.5 Å². The van der Waals surface area contributed by atoms with Crippen molar-refractivity contribution in [2.24, 2.45) is 0 Å². The fourth-order valence-electron chi connectivity index (χ4n) is 2.07. The van der Waals surface area contributed by atoms with Gasteiger partial charge in [-0.05, 0) is 42.5 Å². The van der Waals surface area contributed by atoms with Crippen LogP contribution < -0.4 is 9.47 Å². The van der Waals surface area contributed by atoms with Crippen LogP contribution in [0.3, 0.4) is 0 Å². The highest BCUT2D eigenvalue weighted by atomic mass is 32.2. The zero-order chi connectivity index (χ0) is 14.1. The Bertz CT molecular complexity index is 611. The first-order valence-corrected chi connectivity index (χ1v) is 7.15. The average molecular weight is 291 g/mol. The van der Waals surface area contributed by atoms with Crippen LogP contribution in [0.2, 0.25) is 0 Å². The molecule has 2 heterocycles. The van der Waals surface area contributed by atoms with Crippen LogP contribution >= 0.6 is 11.8 Å². The zero-order valence-corrected chi connectivity index (χ0v) is 11.7. The minimum atomic E-state index is -0.239. The Kier molecular flexibility index (Phi) is 3.40. The Labute approximate surface area is 120 Å². The van der Waals surface area contributed by atoms with Crippen LogP contribution in [0.15, 0.2) is 23.1 Å². The lowest BCUT2D eigenvalue weighted by Gasteiger charge is -2.18. The van der Waals surface area contributed by atoms with E-state index < -0.39 is 0 Å². The number of thioether (sulfide) groups is 1. The Morgan fingerprint density at radius 2 is 2.00 bits per heavy atom. The molecule has 0 unspecified atom stereocenters. The number of nitrogens with zero attached hydrogens (tertiary/aromatic N) is 1. The first kappa shape index (κ1) is 13.1. The van der Waals surface area contributed by atoms with E-state index in [1.165, 1.54) is 4.90 Å². The first-order chi connectivity index (χ1) is 9.69. The number of carbonyl (C=O) groups excluding carboxylic acids is 2. The lowest BCUT2D eigenvalue weighted by atomic mass is 10.1. The zero-order valence-electron chi connectivity index (χ0n) is 10.9. The highest BCUT2D eigenvalue weighted by Crippen LogP contribution is 2.35. The summed E-state index contributed by atoms with van der Waals surface area (Å²) in [6.45, 7) is 3.23. The van der Waals surface area contributed by atoms with Gasteiger partial charge in [0.25, 0.3) is 11.1 Å².